The monoisotopic (exact) mass is 1080 g/mol. The van der Waals surface area contributed by atoms with E-state index in [1.54, 1.807) is 27.7 Å². The number of amides is 8. The highest BCUT2D eigenvalue weighted by molar-refractivity contribution is 5.98. The molecule has 0 spiro atoms. The highest BCUT2D eigenvalue weighted by Gasteiger charge is 2.42. The topological polar surface area (TPSA) is 404 Å². The average molecular weight is 1080 g/mol. The summed E-state index contributed by atoms with van der Waals surface area (Å²) in [7, 11) is 0. The molecule has 11 atom stereocenters. The molecule has 2 aromatic rings. The number of hydrogen-bond acceptors (Lipinski definition) is 14. The summed E-state index contributed by atoms with van der Waals surface area (Å²) in [5, 5.41) is 56.1. The summed E-state index contributed by atoms with van der Waals surface area (Å²) in [4.78, 5) is 130. The van der Waals surface area contributed by atoms with Crippen LogP contribution in [0.1, 0.15) is 97.6 Å². The number of carboxylic acid groups (broad SMARTS) is 1. The Bertz CT molecular complexity index is 2420. The summed E-state index contributed by atoms with van der Waals surface area (Å²) in [6.45, 7) is 9.96. The minimum atomic E-state index is -1.61. The molecular formula is C52H78N12O13. The minimum Gasteiger partial charge on any atom is -0.508 e. The molecule has 2 aliphatic rings. The van der Waals surface area contributed by atoms with E-state index in [1.165, 1.54) is 67.3 Å². The number of carbonyl (C=O) groups excluding carboxylic acids is 8. The minimum absolute atomic E-state index is 0.0265. The van der Waals surface area contributed by atoms with E-state index >= 15 is 0 Å². The van der Waals surface area contributed by atoms with Crippen LogP contribution in [0.3, 0.4) is 0 Å². The van der Waals surface area contributed by atoms with Crippen molar-refractivity contribution in [2.75, 3.05) is 19.6 Å². The Hall–Kier alpha value is -7.54. The number of carboxylic acids is 1. The van der Waals surface area contributed by atoms with E-state index in [0.717, 1.165) is 4.90 Å². The van der Waals surface area contributed by atoms with E-state index in [-0.39, 0.29) is 62.8 Å². The zero-order chi connectivity index (χ0) is 57.3. The molecule has 2 heterocycles. The van der Waals surface area contributed by atoms with Crippen LogP contribution in [-0.4, -0.2) is 170 Å². The predicted molar refractivity (Wildman–Crippen MR) is 282 cm³/mol. The van der Waals surface area contributed by atoms with Gasteiger partial charge in [-0.25, -0.2) is 4.79 Å². The van der Waals surface area contributed by atoms with Gasteiger partial charge in [0.05, 0.1) is 12.1 Å². The smallest absolute Gasteiger partial charge is 0.326 e. The fourth-order valence-electron chi connectivity index (χ4n) is 9.09. The number of aliphatic imine (C=N–C) groups is 1. The van der Waals surface area contributed by atoms with Crippen LogP contribution in [0.5, 0.6) is 11.5 Å². The first kappa shape index (κ1) is 62.0. The maximum absolute atomic E-state index is 14.4. The quantitative estimate of drug-likeness (QED) is 0.0271. The lowest BCUT2D eigenvalue weighted by Crippen LogP contribution is -2.63. The van der Waals surface area contributed by atoms with Gasteiger partial charge in [-0.05, 0) is 99.6 Å². The first-order valence-electron chi connectivity index (χ1n) is 26.0. The first-order valence-corrected chi connectivity index (χ1v) is 26.0. The van der Waals surface area contributed by atoms with Gasteiger partial charge in [0.15, 0.2) is 5.96 Å². The maximum atomic E-state index is 14.4. The third-order valence-electron chi connectivity index (χ3n) is 13.8. The second kappa shape index (κ2) is 29.1. The molecule has 0 radical (unpaired) electrons. The molecule has 16 N–H and O–H groups in total. The predicted octanol–water partition coefficient (Wildman–Crippen LogP) is -1.66. The third-order valence-corrected chi connectivity index (χ3v) is 13.8. The van der Waals surface area contributed by atoms with Gasteiger partial charge < -0.3 is 79.3 Å². The molecule has 0 saturated carbocycles. The number of benzene rings is 2. The van der Waals surface area contributed by atoms with Gasteiger partial charge >= 0.3 is 5.97 Å². The number of carbonyl (C=O) groups is 9. The van der Waals surface area contributed by atoms with Crippen LogP contribution in [-0.2, 0) is 56.0 Å². The zero-order valence-corrected chi connectivity index (χ0v) is 44.6. The number of nitrogens with two attached hydrogens (primary N) is 3. The lowest BCUT2D eigenvalue weighted by molar-refractivity contribution is -0.146. The molecule has 2 fully saturated rings. The number of aromatic hydroxyl groups is 2. The lowest BCUT2D eigenvalue weighted by atomic mass is 9.95. The van der Waals surface area contributed by atoms with Crippen LogP contribution in [0, 0.1) is 11.8 Å². The number of phenols is 2. The molecule has 25 nitrogen and oxygen atoms in total. The number of nitrogens with one attached hydrogen (secondary N) is 6. The van der Waals surface area contributed by atoms with Crippen molar-refractivity contribution in [3.63, 3.8) is 0 Å². The van der Waals surface area contributed by atoms with Crippen molar-refractivity contribution < 1.29 is 63.6 Å². The van der Waals surface area contributed by atoms with Crippen LogP contribution in [0.15, 0.2) is 53.5 Å². The molecule has 0 aromatic heterocycles. The normalized spacial score (nSPS) is 18.7. The molecule has 4 rings (SSSR count). The summed E-state index contributed by atoms with van der Waals surface area (Å²) in [5.41, 5.74) is 17.9. The van der Waals surface area contributed by atoms with Crippen molar-refractivity contribution in [3.8, 4) is 11.5 Å². The molecule has 8 amide bonds. The van der Waals surface area contributed by atoms with Crippen LogP contribution in [0.2, 0.25) is 0 Å². The van der Waals surface area contributed by atoms with E-state index < -0.39 is 126 Å². The van der Waals surface area contributed by atoms with Crippen LogP contribution < -0.4 is 49.1 Å². The summed E-state index contributed by atoms with van der Waals surface area (Å²) in [6, 6.07) is 0.431. The number of aliphatic hydroxyl groups excluding tert-OH is 1. The largest absolute Gasteiger partial charge is 0.508 e. The molecule has 77 heavy (non-hydrogen) atoms. The van der Waals surface area contributed by atoms with Gasteiger partial charge in [0.25, 0.3) is 0 Å². The van der Waals surface area contributed by atoms with Gasteiger partial charge in [0.1, 0.15) is 59.8 Å². The number of rotatable bonds is 27. The standard InChI is InChI=1S/C52H78N12O13/c1-7-28(4)41(48(73)60-40(27(2)3)47(72)62-42(30(6)65)50(75)64-24-10-13-39(64)46(71)59-37(51(76)77)26-32-16-20-34(67)21-17-32)61-44(69)36(25-31-14-18-33(66)19-15-31)58-43(68)29(5)57-45(70)38-12-9-23-63(38)49(74)35(53)11-8-22-56-52(54)55/h14-21,27-30,35-42,65-67H,7-13,22-26,53H2,1-6H3,(H,57,70)(H,58,68)(H,59,71)(H,60,73)(H,61,69)(H,62,72)(H,76,77)(H4,54,55,56)/t28-,29-,30+,35-,36-,37-,38-,39-,40-,41-,42-/m0/s1. The third kappa shape index (κ3) is 18.0. The molecule has 0 aliphatic carbocycles. The Kier molecular flexibility index (Phi) is 23.4. The molecular weight excluding hydrogens is 1000 g/mol. The Balaban J connectivity index is 1.47. The van der Waals surface area contributed by atoms with Crippen molar-refractivity contribution in [1.82, 2.24) is 41.7 Å². The molecule has 0 bridgehead atoms. The van der Waals surface area contributed by atoms with E-state index in [0.29, 0.717) is 43.2 Å². The number of likely N-dealkylation sites (tertiary alicyclic amines) is 2. The summed E-state index contributed by atoms with van der Waals surface area (Å²) >= 11 is 0. The second-order valence-corrected chi connectivity index (χ2v) is 20.2. The second-order valence-electron chi connectivity index (χ2n) is 20.2. The lowest BCUT2D eigenvalue weighted by Gasteiger charge is -2.33. The van der Waals surface area contributed by atoms with Gasteiger partial charge in [0, 0.05) is 32.5 Å². The highest BCUT2D eigenvalue weighted by Crippen LogP contribution is 2.23. The Labute approximate surface area is 447 Å². The molecule has 424 valence electrons. The zero-order valence-electron chi connectivity index (χ0n) is 44.6. The fourth-order valence-corrected chi connectivity index (χ4v) is 9.09. The molecule has 2 aromatic carbocycles. The summed E-state index contributed by atoms with van der Waals surface area (Å²) < 4.78 is 0. The van der Waals surface area contributed by atoms with E-state index in [1.807, 2.05) is 0 Å². The van der Waals surface area contributed by atoms with Crippen LogP contribution >= 0.6 is 0 Å². The van der Waals surface area contributed by atoms with E-state index in [4.69, 9.17) is 17.2 Å². The first-order chi connectivity index (χ1) is 36.3. The average Bonchev–Trinajstić information content (AvgIpc) is 4.09. The molecule has 25 heteroatoms. The van der Waals surface area contributed by atoms with Gasteiger partial charge in [-0.3, -0.25) is 43.3 Å². The summed E-state index contributed by atoms with van der Waals surface area (Å²) in [6.07, 6.45) is 0.634. The van der Waals surface area contributed by atoms with Crippen molar-refractivity contribution in [2.45, 2.75) is 160 Å². The van der Waals surface area contributed by atoms with E-state index in [9.17, 15) is 63.6 Å². The Morgan fingerprint density at radius 3 is 1.61 bits per heavy atom. The molecule has 0 unspecified atom stereocenters. The maximum Gasteiger partial charge on any atom is 0.326 e. The Morgan fingerprint density at radius 2 is 1.12 bits per heavy atom. The van der Waals surface area contributed by atoms with Gasteiger partial charge in [0.2, 0.25) is 47.3 Å². The number of guanidine groups is 1. The van der Waals surface area contributed by atoms with E-state index in [2.05, 4.69) is 36.9 Å². The molecule has 2 saturated heterocycles. The highest BCUT2D eigenvalue weighted by atomic mass is 16.4. The van der Waals surface area contributed by atoms with Crippen LogP contribution in [0.4, 0.5) is 0 Å². The van der Waals surface area contributed by atoms with Gasteiger partial charge in [-0.1, -0.05) is 58.4 Å². The summed E-state index contributed by atoms with van der Waals surface area (Å²) in [5.74, 6) is -8.58. The Morgan fingerprint density at radius 1 is 0.636 bits per heavy atom. The van der Waals surface area contributed by atoms with Gasteiger partial charge in [-0.15, -0.1) is 0 Å². The number of aliphatic carboxylic acids is 1. The number of hydrogen-bond donors (Lipinski definition) is 13. The molecule has 2 aliphatic heterocycles. The van der Waals surface area contributed by atoms with Gasteiger partial charge in [-0.2, -0.15) is 0 Å². The SMILES string of the molecule is CC[C@H](C)[C@H](NC(=O)[C@H](Cc1ccc(O)cc1)NC(=O)[C@H](C)NC(=O)[C@@H]1CCCN1C(=O)[C@@H](N)CCCN=C(N)N)C(=O)N[C@H](C(=O)N[C@H](C(=O)N1CCC[C@H]1C(=O)N[C@@H](Cc1ccc(O)cc1)C(=O)O)[C@@H](C)O)C(C)C. The van der Waals surface area contributed by atoms with Crippen LogP contribution in [0.25, 0.3) is 0 Å². The van der Waals surface area contributed by atoms with Crippen molar-refractivity contribution in [3.05, 3.63) is 59.7 Å². The number of aliphatic hydroxyl groups is 1. The fraction of sp³-hybridized carbons (Fsp3) is 0.577. The van der Waals surface area contributed by atoms with Crippen molar-refractivity contribution >= 4 is 59.2 Å². The van der Waals surface area contributed by atoms with Crippen molar-refractivity contribution in [1.29, 1.82) is 0 Å². The number of phenolic OH excluding ortho intramolecular Hbond substituents is 2. The number of nitrogens with zero attached hydrogens (tertiary/aromatic N) is 3. The van der Waals surface area contributed by atoms with Crippen molar-refractivity contribution in [2.24, 2.45) is 34.0 Å².